The first-order valence-corrected chi connectivity index (χ1v) is 9.00. The van der Waals surface area contributed by atoms with Gasteiger partial charge < -0.3 is 14.9 Å². The second kappa shape index (κ2) is 6.78. The number of hydrogen-bond acceptors (Lipinski definition) is 6. The van der Waals surface area contributed by atoms with Crippen LogP contribution in [0.25, 0.3) is 0 Å². The monoisotopic (exact) mass is 343 g/mol. The molecule has 2 aliphatic heterocycles. The number of aliphatic hydroxyl groups is 1. The van der Waals surface area contributed by atoms with Crippen LogP contribution in [-0.2, 0) is 11.3 Å². The first kappa shape index (κ1) is 16.7. The van der Waals surface area contributed by atoms with Crippen LogP contribution in [0.5, 0.6) is 0 Å². The van der Waals surface area contributed by atoms with Crippen molar-refractivity contribution in [2.45, 2.75) is 44.1 Å². The summed E-state index contributed by atoms with van der Waals surface area (Å²) < 4.78 is 18.8. The average molecular weight is 343 g/mol. The summed E-state index contributed by atoms with van der Waals surface area (Å²) in [5, 5.41) is 16.8. The van der Waals surface area contributed by atoms with Gasteiger partial charge in [-0.2, -0.15) is 11.8 Å². The minimum absolute atomic E-state index is 0.0825. The third kappa shape index (κ3) is 3.70. The molecule has 2 saturated heterocycles. The summed E-state index contributed by atoms with van der Waals surface area (Å²) >= 11 is 1.57. The van der Waals surface area contributed by atoms with Gasteiger partial charge in [0.15, 0.2) is 5.60 Å². The second-order valence-electron chi connectivity index (χ2n) is 6.37. The zero-order valence-corrected chi connectivity index (χ0v) is 13.9. The van der Waals surface area contributed by atoms with Gasteiger partial charge in [-0.3, -0.25) is 9.69 Å². The molecule has 2 fully saturated rings. The number of thioether (sulfide) groups is 1. The summed E-state index contributed by atoms with van der Waals surface area (Å²) in [5.41, 5.74) is -0.338. The largest absolute Gasteiger partial charge is 0.379 e. The van der Waals surface area contributed by atoms with Crippen LogP contribution in [-0.4, -0.2) is 63.5 Å². The first-order chi connectivity index (χ1) is 11.0. The topological polar surface area (TPSA) is 78.6 Å². The SMILES string of the molecule is Cc1oncc1CN1C[C@@H](F)C[C@H]1CNC(=O)C1(O)CCSC1. The van der Waals surface area contributed by atoms with Crippen molar-refractivity contribution in [2.75, 3.05) is 24.6 Å². The van der Waals surface area contributed by atoms with Crippen molar-refractivity contribution < 1.29 is 18.8 Å². The summed E-state index contributed by atoms with van der Waals surface area (Å²) in [5.74, 6) is 1.61. The van der Waals surface area contributed by atoms with Crippen LogP contribution in [0.2, 0.25) is 0 Å². The molecular weight excluding hydrogens is 321 g/mol. The number of nitrogens with zero attached hydrogens (tertiary/aromatic N) is 2. The van der Waals surface area contributed by atoms with Gasteiger partial charge in [0.05, 0.1) is 6.20 Å². The van der Waals surface area contributed by atoms with E-state index in [4.69, 9.17) is 4.52 Å². The van der Waals surface area contributed by atoms with Crippen LogP contribution in [0.1, 0.15) is 24.2 Å². The van der Waals surface area contributed by atoms with Crippen LogP contribution in [0, 0.1) is 6.92 Å². The molecule has 2 N–H and O–H groups in total. The Morgan fingerprint density at radius 3 is 3.17 bits per heavy atom. The first-order valence-electron chi connectivity index (χ1n) is 7.84. The number of rotatable bonds is 5. The molecule has 0 radical (unpaired) electrons. The number of likely N-dealkylation sites (tertiary alicyclic amines) is 1. The predicted octanol–water partition coefficient (Wildman–Crippen LogP) is 0.880. The maximum Gasteiger partial charge on any atom is 0.252 e. The summed E-state index contributed by atoms with van der Waals surface area (Å²) in [6, 6.07) is -0.0825. The number of halogens is 1. The fourth-order valence-electron chi connectivity index (χ4n) is 3.13. The Bertz CT molecular complexity index is 562. The van der Waals surface area contributed by atoms with Crippen molar-refractivity contribution >= 4 is 17.7 Å². The van der Waals surface area contributed by atoms with Gasteiger partial charge >= 0.3 is 0 Å². The summed E-state index contributed by atoms with van der Waals surface area (Å²) in [6.07, 6.45) is 1.61. The highest BCUT2D eigenvalue weighted by molar-refractivity contribution is 7.99. The van der Waals surface area contributed by atoms with Gasteiger partial charge in [0.25, 0.3) is 5.91 Å². The lowest BCUT2D eigenvalue weighted by Crippen LogP contribution is -2.50. The number of nitrogens with one attached hydrogen (secondary N) is 1. The lowest BCUT2D eigenvalue weighted by atomic mass is 10.0. The molecule has 3 rings (SSSR count). The van der Waals surface area contributed by atoms with Gasteiger partial charge in [0, 0.05) is 37.0 Å². The third-order valence-corrected chi connectivity index (χ3v) is 5.80. The van der Waals surface area contributed by atoms with E-state index < -0.39 is 11.8 Å². The molecule has 23 heavy (non-hydrogen) atoms. The molecule has 0 aliphatic carbocycles. The Morgan fingerprint density at radius 1 is 1.70 bits per heavy atom. The van der Waals surface area contributed by atoms with Crippen LogP contribution >= 0.6 is 11.8 Å². The van der Waals surface area contributed by atoms with Crippen LogP contribution in [0.15, 0.2) is 10.7 Å². The summed E-state index contributed by atoms with van der Waals surface area (Å²) in [7, 11) is 0. The number of carbonyl (C=O) groups is 1. The number of amides is 1. The predicted molar refractivity (Wildman–Crippen MR) is 84.9 cm³/mol. The molecular formula is C15H22FN3O3S. The lowest BCUT2D eigenvalue weighted by Gasteiger charge is -2.26. The number of alkyl halides is 1. The number of carbonyl (C=O) groups excluding carboxylic acids is 1. The Morgan fingerprint density at radius 2 is 2.52 bits per heavy atom. The molecule has 3 atom stereocenters. The van der Waals surface area contributed by atoms with Crippen LogP contribution in [0.3, 0.4) is 0 Å². The molecule has 1 aromatic rings. The van der Waals surface area contributed by atoms with E-state index in [1.54, 1.807) is 18.0 Å². The molecule has 6 nitrogen and oxygen atoms in total. The molecule has 0 aromatic carbocycles. The average Bonchev–Trinajstić information content (AvgIpc) is 3.20. The standard InChI is InChI=1S/C15H22FN3O3S/c1-10-11(5-18-22-10)7-19-8-12(16)4-13(19)6-17-14(20)15(21)2-3-23-9-15/h5,12-13,21H,2-4,6-9H2,1H3,(H,17,20)/t12-,13-,15?/m0/s1. The molecule has 0 bridgehead atoms. The van der Waals surface area contributed by atoms with E-state index in [0.29, 0.717) is 38.2 Å². The van der Waals surface area contributed by atoms with E-state index in [-0.39, 0.29) is 11.9 Å². The molecule has 3 heterocycles. The zero-order valence-electron chi connectivity index (χ0n) is 13.1. The van der Waals surface area contributed by atoms with Crippen LogP contribution in [0.4, 0.5) is 4.39 Å². The molecule has 1 unspecified atom stereocenters. The molecule has 0 spiro atoms. The smallest absolute Gasteiger partial charge is 0.252 e. The van der Waals surface area contributed by atoms with Crippen molar-refractivity contribution in [3.05, 3.63) is 17.5 Å². The van der Waals surface area contributed by atoms with Gasteiger partial charge in [-0.25, -0.2) is 4.39 Å². The zero-order chi connectivity index (χ0) is 16.4. The Balaban J connectivity index is 1.57. The van der Waals surface area contributed by atoms with Gasteiger partial charge in [0.2, 0.25) is 0 Å². The van der Waals surface area contributed by atoms with Crippen molar-refractivity contribution in [1.82, 2.24) is 15.4 Å². The van der Waals surface area contributed by atoms with Crippen molar-refractivity contribution in [2.24, 2.45) is 0 Å². The minimum atomic E-state index is -1.27. The van der Waals surface area contributed by atoms with E-state index in [1.807, 2.05) is 11.8 Å². The number of aryl methyl sites for hydroxylation is 1. The maximum absolute atomic E-state index is 13.8. The van der Waals surface area contributed by atoms with Crippen molar-refractivity contribution in [3.63, 3.8) is 0 Å². The fraction of sp³-hybridized carbons (Fsp3) is 0.733. The van der Waals surface area contributed by atoms with Gasteiger partial charge in [-0.15, -0.1) is 0 Å². The van der Waals surface area contributed by atoms with E-state index in [2.05, 4.69) is 10.5 Å². The molecule has 128 valence electrons. The van der Waals surface area contributed by atoms with Crippen molar-refractivity contribution in [3.8, 4) is 0 Å². The quantitative estimate of drug-likeness (QED) is 0.826. The number of aromatic nitrogens is 1. The molecule has 8 heteroatoms. The highest BCUT2D eigenvalue weighted by Crippen LogP contribution is 2.28. The Hall–Kier alpha value is -1.12. The van der Waals surface area contributed by atoms with Gasteiger partial charge in [0.1, 0.15) is 11.9 Å². The molecule has 2 aliphatic rings. The summed E-state index contributed by atoms with van der Waals surface area (Å²) in [6.45, 7) is 3.06. The van der Waals surface area contributed by atoms with Gasteiger partial charge in [-0.1, -0.05) is 5.16 Å². The maximum atomic E-state index is 13.8. The van der Waals surface area contributed by atoms with E-state index in [9.17, 15) is 14.3 Å². The van der Waals surface area contributed by atoms with E-state index >= 15 is 0 Å². The second-order valence-corrected chi connectivity index (χ2v) is 7.47. The van der Waals surface area contributed by atoms with Crippen molar-refractivity contribution in [1.29, 1.82) is 0 Å². The third-order valence-electron chi connectivity index (χ3n) is 4.62. The lowest BCUT2D eigenvalue weighted by molar-refractivity contribution is -0.137. The minimum Gasteiger partial charge on any atom is -0.379 e. The highest BCUT2D eigenvalue weighted by Gasteiger charge is 2.40. The highest BCUT2D eigenvalue weighted by atomic mass is 32.2. The fourth-order valence-corrected chi connectivity index (χ4v) is 4.37. The van der Waals surface area contributed by atoms with Crippen LogP contribution < -0.4 is 5.32 Å². The van der Waals surface area contributed by atoms with E-state index in [0.717, 1.165) is 17.1 Å². The van der Waals surface area contributed by atoms with Gasteiger partial charge in [-0.05, 0) is 25.5 Å². The Labute approximate surface area is 138 Å². The van der Waals surface area contributed by atoms with E-state index in [1.165, 1.54) is 0 Å². The molecule has 1 aromatic heterocycles. The Kier molecular flexibility index (Phi) is 4.93. The molecule has 1 amide bonds. The summed E-state index contributed by atoms with van der Waals surface area (Å²) in [4.78, 5) is 14.2. The number of hydrogen-bond donors (Lipinski definition) is 2. The molecule has 0 saturated carbocycles. The normalized spacial score (nSPS) is 31.6.